The molecule has 2 N–H and O–H groups in total. The van der Waals surface area contributed by atoms with Gasteiger partial charge in [-0.1, -0.05) is 48.6 Å². The van der Waals surface area contributed by atoms with Crippen molar-refractivity contribution in [1.82, 2.24) is 0 Å². The number of para-hydroxylation sites is 2. The molecule has 4 rings (SSSR count). The van der Waals surface area contributed by atoms with E-state index in [1.165, 1.54) is 0 Å². The van der Waals surface area contributed by atoms with Crippen molar-refractivity contribution in [2.75, 3.05) is 13.7 Å². The average molecular weight is 491 g/mol. The van der Waals surface area contributed by atoms with E-state index in [1.807, 2.05) is 72.8 Å². The lowest BCUT2D eigenvalue weighted by Gasteiger charge is -2.37. The van der Waals surface area contributed by atoms with Crippen molar-refractivity contribution in [2.24, 2.45) is 5.92 Å². The molecule has 0 saturated carbocycles. The van der Waals surface area contributed by atoms with Crippen molar-refractivity contribution in [3.8, 4) is 23.0 Å². The van der Waals surface area contributed by atoms with Gasteiger partial charge in [0.25, 0.3) is 0 Å². The first kappa shape index (κ1) is 25.3. The molecule has 0 amide bonds. The number of methoxy groups -OCH3 is 1. The Morgan fingerprint density at radius 2 is 1.67 bits per heavy atom. The molecule has 7 heteroatoms. The van der Waals surface area contributed by atoms with Crippen molar-refractivity contribution in [3.05, 3.63) is 96.1 Å². The summed E-state index contributed by atoms with van der Waals surface area (Å²) < 4.78 is 24.0. The zero-order chi connectivity index (χ0) is 25.3. The summed E-state index contributed by atoms with van der Waals surface area (Å²) in [5.41, 5.74) is 1.42. The van der Waals surface area contributed by atoms with Gasteiger partial charge in [-0.2, -0.15) is 0 Å². The van der Waals surface area contributed by atoms with Gasteiger partial charge in [-0.15, -0.1) is 0 Å². The SMILES string of the molecule is COc1ccc(Oc2ccccc2[C@@H]2OC[C@H](CC=CCCC(=O)O)[C@H](c3ccccc3O)O2)cc1. The zero-order valence-electron chi connectivity index (χ0n) is 20.1. The van der Waals surface area contributed by atoms with E-state index < -0.39 is 18.4 Å². The quantitative estimate of drug-likeness (QED) is 0.317. The summed E-state index contributed by atoms with van der Waals surface area (Å²) in [6, 6.07) is 22.0. The van der Waals surface area contributed by atoms with E-state index in [0.717, 1.165) is 11.3 Å². The van der Waals surface area contributed by atoms with Gasteiger partial charge >= 0.3 is 5.97 Å². The monoisotopic (exact) mass is 490 g/mol. The second-order valence-electron chi connectivity index (χ2n) is 8.50. The number of aliphatic carboxylic acids is 1. The number of ether oxygens (including phenoxy) is 4. The van der Waals surface area contributed by atoms with Crippen molar-refractivity contribution < 1.29 is 34.0 Å². The van der Waals surface area contributed by atoms with E-state index in [4.69, 9.17) is 24.1 Å². The number of rotatable bonds is 10. The van der Waals surface area contributed by atoms with Crippen LogP contribution in [0, 0.1) is 5.92 Å². The highest BCUT2D eigenvalue weighted by Crippen LogP contribution is 2.44. The summed E-state index contributed by atoms with van der Waals surface area (Å²) in [5, 5.41) is 19.4. The number of phenols is 1. The zero-order valence-corrected chi connectivity index (χ0v) is 20.1. The highest BCUT2D eigenvalue weighted by atomic mass is 16.7. The Kier molecular flexibility index (Phi) is 8.60. The molecule has 188 valence electrons. The Hall–Kier alpha value is -3.81. The molecule has 36 heavy (non-hydrogen) atoms. The third-order valence-electron chi connectivity index (χ3n) is 5.99. The van der Waals surface area contributed by atoms with E-state index in [-0.39, 0.29) is 18.1 Å². The molecule has 0 unspecified atom stereocenters. The molecule has 3 aromatic carbocycles. The third-order valence-corrected chi connectivity index (χ3v) is 5.99. The molecule has 0 radical (unpaired) electrons. The van der Waals surface area contributed by atoms with Crippen LogP contribution in [0.4, 0.5) is 0 Å². The Morgan fingerprint density at radius 3 is 2.39 bits per heavy atom. The molecule has 0 aliphatic carbocycles. The lowest BCUT2D eigenvalue weighted by Crippen LogP contribution is -2.30. The van der Waals surface area contributed by atoms with Crippen LogP contribution in [0.2, 0.25) is 0 Å². The van der Waals surface area contributed by atoms with Crippen LogP contribution in [0.15, 0.2) is 84.9 Å². The number of phenolic OH excluding ortho intramolecular Hbond substituents is 1. The predicted molar refractivity (Wildman–Crippen MR) is 134 cm³/mol. The van der Waals surface area contributed by atoms with E-state index in [1.54, 1.807) is 19.2 Å². The maximum Gasteiger partial charge on any atom is 0.303 e. The van der Waals surface area contributed by atoms with Crippen molar-refractivity contribution in [2.45, 2.75) is 31.7 Å². The molecular weight excluding hydrogens is 460 g/mol. The van der Waals surface area contributed by atoms with Crippen LogP contribution < -0.4 is 9.47 Å². The van der Waals surface area contributed by atoms with Crippen LogP contribution in [0.1, 0.15) is 42.8 Å². The van der Waals surface area contributed by atoms with Crippen LogP contribution in [-0.4, -0.2) is 29.9 Å². The molecule has 1 fully saturated rings. The summed E-state index contributed by atoms with van der Waals surface area (Å²) in [6.07, 6.45) is 3.86. The number of hydrogen-bond donors (Lipinski definition) is 2. The van der Waals surface area contributed by atoms with Gasteiger partial charge in [0.05, 0.1) is 25.4 Å². The lowest BCUT2D eigenvalue weighted by molar-refractivity contribution is -0.244. The largest absolute Gasteiger partial charge is 0.508 e. The number of carbonyl (C=O) groups is 1. The van der Waals surface area contributed by atoms with Gasteiger partial charge in [0, 0.05) is 17.9 Å². The van der Waals surface area contributed by atoms with Crippen molar-refractivity contribution in [3.63, 3.8) is 0 Å². The summed E-state index contributed by atoms with van der Waals surface area (Å²) >= 11 is 0. The molecule has 3 atom stereocenters. The van der Waals surface area contributed by atoms with Crippen molar-refractivity contribution in [1.29, 1.82) is 0 Å². The van der Waals surface area contributed by atoms with E-state index >= 15 is 0 Å². The van der Waals surface area contributed by atoms with Crippen LogP contribution in [-0.2, 0) is 14.3 Å². The topological polar surface area (TPSA) is 94.5 Å². The lowest BCUT2D eigenvalue weighted by atomic mass is 9.91. The van der Waals surface area contributed by atoms with Gasteiger partial charge in [0.1, 0.15) is 23.0 Å². The second-order valence-corrected chi connectivity index (χ2v) is 8.50. The highest BCUT2D eigenvalue weighted by molar-refractivity contribution is 5.66. The first-order chi connectivity index (χ1) is 17.5. The number of carboxylic acid groups (broad SMARTS) is 1. The smallest absolute Gasteiger partial charge is 0.303 e. The fourth-order valence-electron chi connectivity index (χ4n) is 4.13. The Morgan fingerprint density at radius 1 is 0.972 bits per heavy atom. The van der Waals surface area contributed by atoms with Gasteiger partial charge < -0.3 is 29.2 Å². The number of benzene rings is 3. The van der Waals surface area contributed by atoms with Gasteiger partial charge in [0.2, 0.25) is 0 Å². The minimum Gasteiger partial charge on any atom is -0.508 e. The molecule has 1 heterocycles. The Balaban J connectivity index is 1.54. The maximum atomic E-state index is 10.8. The summed E-state index contributed by atoms with van der Waals surface area (Å²) in [7, 11) is 1.61. The maximum absolute atomic E-state index is 10.8. The van der Waals surface area contributed by atoms with Crippen LogP contribution in [0.3, 0.4) is 0 Å². The molecule has 1 aliphatic heterocycles. The van der Waals surface area contributed by atoms with E-state index in [2.05, 4.69) is 0 Å². The number of aromatic hydroxyl groups is 1. The first-order valence-corrected chi connectivity index (χ1v) is 11.9. The molecule has 7 nitrogen and oxygen atoms in total. The summed E-state index contributed by atoms with van der Waals surface area (Å²) in [4.78, 5) is 10.8. The average Bonchev–Trinajstić information content (AvgIpc) is 2.89. The number of hydrogen-bond acceptors (Lipinski definition) is 6. The molecule has 0 aromatic heterocycles. The molecule has 1 aliphatic rings. The van der Waals surface area contributed by atoms with Gasteiger partial charge in [-0.25, -0.2) is 0 Å². The van der Waals surface area contributed by atoms with Crippen LogP contribution in [0.5, 0.6) is 23.0 Å². The molecule has 3 aromatic rings. The Bertz CT molecular complexity index is 1170. The Labute approximate surface area is 210 Å². The molecule has 0 spiro atoms. The number of carboxylic acids is 1. The number of allylic oxidation sites excluding steroid dienone is 2. The highest BCUT2D eigenvalue weighted by Gasteiger charge is 2.35. The van der Waals surface area contributed by atoms with Crippen LogP contribution in [0.25, 0.3) is 0 Å². The molecule has 1 saturated heterocycles. The normalized spacial score (nSPS) is 19.8. The minimum atomic E-state index is -0.825. The van der Waals surface area contributed by atoms with Crippen molar-refractivity contribution >= 4 is 5.97 Å². The third kappa shape index (κ3) is 6.44. The fourth-order valence-corrected chi connectivity index (χ4v) is 4.13. The van der Waals surface area contributed by atoms with Gasteiger partial charge in [-0.05, 0) is 49.2 Å². The first-order valence-electron chi connectivity index (χ1n) is 11.9. The van der Waals surface area contributed by atoms with E-state index in [0.29, 0.717) is 36.5 Å². The van der Waals surface area contributed by atoms with Crippen LogP contribution >= 0.6 is 0 Å². The second kappa shape index (κ2) is 12.2. The standard InChI is InChI=1S/C29H30O7/c1-33-21-15-17-22(18-16-21)35-26-13-8-6-11-24(26)29-34-19-20(9-3-2-4-14-27(31)32)28(36-29)23-10-5-7-12-25(23)30/h2-3,5-8,10-13,15-18,20,28-30H,4,9,14,19H2,1H3,(H,31,32)/t20-,28+,29+/m0/s1. The van der Waals surface area contributed by atoms with Gasteiger partial charge in [0.15, 0.2) is 6.29 Å². The minimum absolute atomic E-state index is 0.0645. The van der Waals surface area contributed by atoms with Gasteiger partial charge in [-0.3, -0.25) is 4.79 Å². The molecular formula is C29H30O7. The fraction of sp³-hybridized carbons (Fsp3) is 0.276. The van der Waals surface area contributed by atoms with E-state index in [9.17, 15) is 9.90 Å². The predicted octanol–water partition coefficient (Wildman–Crippen LogP) is 6.41. The molecule has 0 bridgehead atoms. The summed E-state index contributed by atoms with van der Waals surface area (Å²) in [6.45, 7) is 0.393. The summed E-state index contributed by atoms with van der Waals surface area (Å²) in [5.74, 6) is 1.27.